The van der Waals surface area contributed by atoms with Crippen LogP contribution in [0.3, 0.4) is 0 Å². The van der Waals surface area contributed by atoms with Crippen LogP contribution >= 0.6 is 23.5 Å². The number of carboxylic acid groups (broad SMARTS) is 1. The lowest BCUT2D eigenvalue weighted by Crippen LogP contribution is -2.13. The Labute approximate surface area is 112 Å². The van der Waals surface area contributed by atoms with Crippen LogP contribution in [-0.4, -0.2) is 28.6 Å². The van der Waals surface area contributed by atoms with Crippen LogP contribution in [0.4, 0.5) is 0 Å². The second-order valence-corrected chi connectivity index (χ2v) is 5.18. The van der Waals surface area contributed by atoms with Gasteiger partial charge in [0, 0.05) is 16.8 Å². The molecule has 0 spiro atoms. The van der Waals surface area contributed by atoms with Crippen LogP contribution in [0.2, 0.25) is 0 Å². The van der Waals surface area contributed by atoms with Crippen molar-refractivity contribution >= 4 is 35.5 Å². The molecular weight excluding hydrogens is 274 g/mol. The van der Waals surface area contributed by atoms with Crippen molar-refractivity contribution in [1.29, 1.82) is 0 Å². The number of hydrogen-bond acceptors (Lipinski definition) is 6. The van der Waals surface area contributed by atoms with E-state index in [2.05, 4.69) is 9.72 Å². The first-order valence-electron chi connectivity index (χ1n) is 4.98. The normalized spacial score (nSPS) is 13.6. The maximum Gasteiger partial charge on any atom is 0.341 e. The van der Waals surface area contributed by atoms with Gasteiger partial charge >= 0.3 is 11.9 Å². The zero-order chi connectivity index (χ0) is 13.0. The van der Waals surface area contributed by atoms with Gasteiger partial charge in [0.1, 0.15) is 0 Å². The molecule has 0 bridgehead atoms. The first kappa shape index (κ1) is 13.0. The van der Waals surface area contributed by atoms with Gasteiger partial charge in [0.2, 0.25) is 0 Å². The second-order valence-electron chi connectivity index (χ2n) is 3.34. The molecule has 5 nitrogen and oxygen atoms in total. The maximum atomic E-state index is 11.6. The van der Waals surface area contributed by atoms with Crippen LogP contribution in [-0.2, 0) is 15.3 Å². The standard InChI is InChI=1S/C11H9NO4S2/c13-10(14)5-16-11(15)7-3-9-8(12-4-7)6-17-1-2-18-9/h1-4H,5-6H2,(H,13,14). The van der Waals surface area contributed by atoms with Crippen LogP contribution in [0.15, 0.2) is 28.0 Å². The average Bonchev–Trinajstić information content (AvgIpc) is 2.60. The first-order chi connectivity index (χ1) is 8.66. The van der Waals surface area contributed by atoms with Crippen molar-refractivity contribution in [3.8, 4) is 0 Å². The molecule has 0 aliphatic carbocycles. The highest BCUT2D eigenvalue weighted by atomic mass is 32.2. The summed E-state index contributed by atoms with van der Waals surface area (Å²) in [5, 5.41) is 12.3. The molecule has 1 aromatic rings. The number of carbonyl (C=O) groups excluding carboxylic acids is 1. The monoisotopic (exact) mass is 283 g/mol. The minimum absolute atomic E-state index is 0.266. The Balaban J connectivity index is 2.14. The molecule has 0 unspecified atom stereocenters. The number of thioether (sulfide) groups is 2. The van der Waals surface area contributed by atoms with Gasteiger partial charge in [0.25, 0.3) is 0 Å². The molecule has 1 aliphatic heterocycles. The van der Waals surface area contributed by atoms with E-state index in [-0.39, 0.29) is 5.56 Å². The molecule has 1 aromatic heterocycles. The van der Waals surface area contributed by atoms with Gasteiger partial charge in [0.15, 0.2) is 6.61 Å². The maximum absolute atomic E-state index is 11.6. The minimum Gasteiger partial charge on any atom is -0.479 e. The molecule has 0 atom stereocenters. The zero-order valence-corrected chi connectivity index (χ0v) is 10.8. The molecule has 1 aliphatic rings. The minimum atomic E-state index is -1.18. The van der Waals surface area contributed by atoms with Crippen molar-refractivity contribution in [1.82, 2.24) is 4.98 Å². The summed E-state index contributed by atoms with van der Waals surface area (Å²) in [6.07, 6.45) is 1.41. The van der Waals surface area contributed by atoms with E-state index in [9.17, 15) is 9.59 Å². The Morgan fingerprint density at radius 2 is 2.28 bits per heavy atom. The Morgan fingerprint density at radius 1 is 1.44 bits per heavy atom. The van der Waals surface area contributed by atoms with Crippen molar-refractivity contribution in [2.45, 2.75) is 10.6 Å². The van der Waals surface area contributed by atoms with E-state index in [0.717, 1.165) is 16.3 Å². The average molecular weight is 283 g/mol. The highest BCUT2D eigenvalue weighted by Crippen LogP contribution is 2.31. The Bertz CT molecular complexity index is 516. The van der Waals surface area contributed by atoms with E-state index in [0.29, 0.717) is 0 Å². The molecule has 2 rings (SSSR count). The topological polar surface area (TPSA) is 76.5 Å². The number of fused-ring (bicyclic) bond motifs is 1. The van der Waals surface area contributed by atoms with Gasteiger partial charge in [-0.3, -0.25) is 4.98 Å². The summed E-state index contributed by atoms with van der Waals surface area (Å²) in [6.45, 7) is -0.640. The molecule has 0 radical (unpaired) electrons. The molecule has 1 N–H and O–H groups in total. The molecule has 0 saturated carbocycles. The number of nitrogens with zero attached hydrogens (tertiary/aromatic N) is 1. The predicted molar refractivity (Wildman–Crippen MR) is 68.4 cm³/mol. The molecule has 0 aromatic carbocycles. The van der Waals surface area contributed by atoms with Gasteiger partial charge < -0.3 is 9.84 Å². The SMILES string of the molecule is O=C(O)COC(=O)c1cnc2c(c1)SC=CSC2. The lowest BCUT2D eigenvalue weighted by atomic mass is 10.2. The molecule has 0 amide bonds. The largest absolute Gasteiger partial charge is 0.479 e. The summed E-state index contributed by atoms with van der Waals surface area (Å²) in [5.74, 6) is -1.10. The van der Waals surface area contributed by atoms with Gasteiger partial charge in [-0.15, -0.1) is 11.8 Å². The Hall–Kier alpha value is -1.47. The van der Waals surface area contributed by atoms with E-state index in [1.54, 1.807) is 17.8 Å². The van der Waals surface area contributed by atoms with Crippen molar-refractivity contribution in [2.24, 2.45) is 0 Å². The third-order valence-electron chi connectivity index (χ3n) is 2.06. The third kappa shape index (κ3) is 3.27. The van der Waals surface area contributed by atoms with Gasteiger partial charge in [-0.2, -0.15) is 0 Å². The van der Waals surface area contributed by atoms with Crippen molar-refractivity contribution in [2.75, 3.05) is 6.61 Å². The number of carbonyl (C=O) groups is 2. The number of carboxylic acids is 1. The van der Waals surface area contributed by atoms with Gasteiger partial charge in [-0.05, 0) is 16.9 Å². The molecule has 7 heteroatoms. The van der Waals surface area contributed by atoms with Gasteiger partial charge in [0.05, 0.1) is 11.3 Å². The van der Waals surface area contributed by atoms with Crippen LogP contribution in [0.1, 0.15) is 16.1 Å². The summed E-state index contributed by atoms with van der Waals surface area (Å²) in [6, 6.07) is 1.67. The first-order valence-corrected chi connectivity index (χ1v) is 6.91. The smallest absolute Gasteiger partial charge is 0.341 e. The summed E-state index contributed by atoms with van der Waals surface area (Å²) >= 11 is 3.11. The van der Waals surface area contributed by atoms with Crippen LogP contribution in [0.5, 0.6) is 0 Å². The number of hydrogen-bond donors (Lipinski definition) is 1. The molecular formula is C11H9NO4S2. The number of ether oxygens (including phenoxy) is 1. The number of pyridine rings is 1. The van der Waals surface area contributed by atoms with E-state index in [1.165, 1.54) is 18.0 Å². The fourth-order valence-corrected chi connectivity index (χ4v) is 2.99. The van der Waals surface area contributed by atoms with Gasteiger partial charge in [-0.1, -0.05) is 11.8 Å². The summed E-state index contributed by atoms with van der Waals surface area (Å²) < 4.78 is 4.60. The fraction of sp³-hybridized carbons (Fsp3) is 0.182. The Kier molecular flexibility index (Phi) is 4.27. The second kappa shape index (κ2) is 5.92. The molecule has 0 saturated heterocycles. The lowest BCUT2D eigenvalue weighted by Gasteiger charge is -2.06. The quantitative estimate of drug-likeness (QED) is 0.851. The number of rotatable bonds is 3. The van der Waals surface area contributed by atoms with Crippen LogP contribution < -0.4 is 0 Å². The zero-order valence-electron chi connectivity index (χ0n) is 9.16. The van der Waals surface area contributed by atoms with E-state index in [4.69, 9.17) is 5.11 Å². The third-order valence-corrected chi connectivity index (χ3v) is 3.88. The highest BCUT2D eigenvalue weighted by Gasteiger charge is 2.14. The van der Waals surface area contributed by atoms with E-state index in [1.807, 2.05) is 10.8 Å². The molecule has 94 valence electrons. The van der Waals surface area contributed by atoms with Crippen LogP contribution in [0, 0.1) is 0 Å². The van der Waals surface area contributed by atoms with Crippen LogP contribution in [0.25, 0.3) is 0 Å². The number of aliphatic carboxylic acids is 1. The summed E-state index contributed by atoms with van der Waals surface area (Å²) in [7, 11) is 0. The predicted octanol–water partition coefficient (Wildman–Crippen LogP) is 2.13. The van der Waals surface area contributed by atoms with Crippen molar-refractivity contribution < 1.29 is 19.4 Å². The van der Waals surface area contributed by atoms with E-state index >= 15 is 0 Å². The summed E-state index contributed by atoms with van der Waals surface area (Å²) in [4.78, 5) is 27.0. The number of esters is 1. The summed E-state index contributed by atoms with van der Waals surface area (Å²) in [5.41, 5.74) is 1.17. The Morgan fingerprint density at radius 3 is 3.06 bits per heavy atom. The van der Waals surface area contributed by atoms with Crippen molar-refractivity contribution in [3.63, 3.8) is 0 Å². The molecule has 18 heavy (non-hydrogen) atoms. The van der Waals surface area contributed by atoms with Gasteiger partial charge in [-0.25, -0.2) is 9.59 Å². The van der Waals surface area contributed by atoms with Crippen molar-refractivity contribution in [3.05, 3.63) is 34.3 Å². The van der Waals surface area contributed by atoms with E-state index < -0.39 is 18.5 Å². The molecule has 2 heterocycles. The fourth-order valence-electron chi connectivity index (χ4n) is 1.27. The lowest BCUT2D eigenvalue weighted by molar-refractivity contribution is -0.140. The molecule has 0 fully saturated rings. The highest BCUT2D eigenvalue weighted by molar-refractivity contribution is 8.05. The number of aromatic nitrogens is 1.